The number of rotatable bonds is 5. The van der Waals surface area contributed by atoms with E-state index in [2.05, 4.69) is 31.4 Å². The maximum Gasteiger partial charge on any atom is 0.325 e. The number of nitrogens with one attached hydrogen (secondary N) is 2. The van der Waals surface area contributed by atoms with Crippen molar-refractivity contribution in [3.05, 3.63) is 65.5 Å². The molecule has 0 bridgehead atoms. The molecule has 0 aliphatic carbocycles. The van der Waals surface area contributed by atoms with Gasteiger partial charge in [-0.05, 0) is 47.2 Å². The predicted molar refractivity (Wildman–Crippen MR) is 112 cm³/mol. The van der Waals surface area contributed by atoms with Gasteiger partial charge in [-0.25, -0.2) is 9.18 Å². The minimum atomic E-state index is -1.31. The summed E-state index contributed by atoms with van der Waals surface area (Å²) in [6, 6.07) is 12.2. The van der Waals surface area contributed by atoms with Crippen LogP contribution in [0.25, 0.3) is 0 Å². The number of carbonyl (C=O) groups is 3. The smallest absolute Gasteiger partial charge is 0.325 e. The normalized spacial score (nSPS) is 19.0. The van der Waals surface area contributed by atoms with Crippen molar-refractivity contribution in [2.45, 2.75) is 45.1 Å². The third kappa shape index (κ3) is 4.06. The lowest BCUT2D eigenvalue weighted by molar-refractivity contribution is -0.134. The van der Waals surface area contributed by atoms with Crippen molar-refractivity contribution in [2.24, 2.45) is 0 Å². The number of hydrogen-bond donors (Lipinski definition) is 2. The first-order chi connectivity index (χ1) is 14.1. The zero-order valence-corrected chi connectivity index (χ0v) is 17.6. The maximum absolute atomic E-state index is 13.3. The van der Waals surface area contributed by atoms with Crippen molar-refractivity contribution in [2.75, 3.05) is 11.9 Å². The van der Waals surface area contributed by atoms with Gasteiger partial charge in [0.2, 0.25) is 5.91 Å². The summed E-state index contributed by atoms with van der Waals surface area (Å²) in [5.74, 6) is -1.44. The Kier molecular flexibility index (Phi) is 5.65. The predicted octanol–water partition coefficient (Wildman–Crippen LogP) is 3.92. The molecule has 1 fully saturated rings. The molecule has 1 saturated heterocycles. The summed E-state index contributed by atoms with van der Waals surface area (Å²) in [4.78, 5) is 38.9. The van der Waals surface area contributed by atoms with Crippen LogP contribution < -0.4 is 10.6 Å². The zero-order chi connectivity index (χ0) is 22.1. The topological polar surface area (TPSA) is 78.5 Å². The summed E-state index contributed by atoms with van der Waals surface area (Å²) in [7, 11) is 0. The average Bonchev–Trinajstić information content (AvgIpc) is 2.93. The first kappa shape index (κ1) is 21.5. The van der Waals surface area contributed by atoms with Crippen LogP contribution in [-0.4, -0.2) is 29.3 Å². The monoisotopic (exact) mass is 411 g/mol. The van der Waals surface area contributed by atoms with Gasteiger partial charge in [-0.3, -0.25) is 14.5 Å². The van der Waals surface area contributed by atoms with Gasteiger partial charge in [0.15, 0.2) is 0 Å². The lowest BCUT2D eigenvalue weighted by Gasteiger charge is -2.25. The number of anilines is 1. The summed E-state index contributed by atoms with van der Waals surface area (Å²) >= 11 is 0. The summed E-state index contributed by atoms with van der Waals surface area (Å²) in [5.41, 5.74) is 0.874. The van der Waals surface area contributed by atoms with E-state index in [0.29, 0.717) is 11.3 Å². The van der Waals surface area contributed by atoms with Gasteiger partial charge in [0.1, 0.15) is 17.9 Å². The molecule has 0 aromatic heterocycles. The number of imide groups is 1. The molecule has 1 aliphatic rings. The van der Waals surface area contributed by atoms with Gasteiger partial charge >= 0.3 is 6.03 Å². The van der Waals surface area contributed by atoms with E-state index in [9.17, 15) is 18.8 Å². The standard InChI is InChI=1S/C23H26FN3O3/c1-5-23(16-6-10-17(24)11-7-16)20(29)27(21(30)26-23)14-19(28)25-18-12-8-15(9-13-18)22(2,3)4/h6-13H,5,14H2,1-4H3,(H,25,28)(H,26,30). The lowest BCUT2D eigenvalue weighted by Crippen LogP contribution is -2.44. The molecule has 2 N–H and O–H groups in total. The second kappa shape index (κ2) is 7.89. The van der Waals surface area contributed by atoms with E-state index in [1.165, 1.54) is 24.3 Å². The lowest BCUT2D eigenvalue weighted by atomic mass is 9.87. The van der Waals surface area contributed by atoms with Gasteiger partial charge in [-0.1, -0.05) is 52.0 Å². The molecule has 2 aromatic rings. The fourth-order valence-electron chi connectivity index (χ4n) is 3.54. The molecule has 1 unspecified atom stereocenters. The molecule has 6 nitrogen and oxygen atoms in total. The number of urea groups is 1. The molecule has 30 heavy (non-hydrogen) atoms. The van der Waals surface area contributed by atoms with Gasteiger partial charge in [0.25, 0.3) is 5.91 Å². The molecular weight excluding hydrogens is 385 g/mol. The number of benzene rings is 2. The van der Waals surface area contributed by atoms with Crippen LogP contribution in [0.2, 0.25) is 0 Å². The second-order valence-corrected chi connectivity index (χ2v) is 8.46. The van der Waals surface area contributed by atoms with Crippen LogP contribution in [0.5, 0.6) is 0 Å². The van der Waals surface area contributed by atoms with E-state index < -0.39 is 35.7 Å². The van der Waals surface area contributed by atoms with Gasteiger partial charge in [-0.2, -0.15) is 0 Å². The fourth-order valence-corrected chi connectivity index (χ4v) is 3.54. The van der Waals surface area contributed by atoms with Crippen LogP contribution in [0.4, 0.5) is 14.9 Å². The van der Waals surface area contributed by atoms with Gasteiger partial charge in [0, 0.05) is 5.69 Å². The average molecular weight is 411 g/mol. The van der Waals surface area contributed by atoms with Crippen molar-refractivity contribution in [1.82, 2.24) is 10.2 Å². The van der Waals surface area contributed by atoms with E-state index in [1.807, 2.05) is 12.1 Å². The van der Waals surface area contributed by atoms with Gasteiger partial charge < -0.3 is 10.6 Å². The highest BCUT2D eigenvalue weighted by Gasteiger charge is 2.51. The molecule has 0 spiro atoms. The van der Waals surface area contributed by atoms with Crippen LogP contribution in [0, 0.1) is 5.82 Å². The van der Waals surface area contributed by atoms with Crippen molar-refractivity contribution >= 4 is 23.5 Å². The third-order valence-corrected chi connectivity index (χ3v) is 5.38. The van der Waals surface area contributed by atoms with E-state index >= 15 is 0 Å². The van der Waals surface area contributed by atoms with Crippen molar-refractivity contribution in [1.29, 1.82) is 0 Å². The van der Waals surface area contributed by atoms with Crippen molar-refractivity contribution in [3.8, 4) is 0 Å². The first-order valence-corrected chi connectivity index (χ1v) is 9.87. The van der Waals surface area contributed by atoms with E-state index in [1.54, 1.807) is 19.1 Å². The minimum Gasteiger partial charge on any atom is -0.325 e. The molecule has 0 saturated carbocycles. The van der Waals surface area contributed by atoms with Crippen molar-refractivity contribution in [3.63, 3.8) is 0 Å². The highest BCUT2D eigenvalue weighted by Crippen LogP contribution is 2.32. The van der Waals surface area contributed by atoms with E-state index in [4.69, 9.17) is 0 Å². The summed E-state index contributed by atoms with van der Waals surface area (Å²) < 4.78 is 13.3. The third-order valence-electron chi connectivity index (χ3n) is 5.38. The quantitative estimate of drug-likeness (QED) is 0.732. The molecule has 1 atom stereocenters. The minimum absolute atomic E-state index is 0.00751. The second-order valence-electron chi connectivity index (χ2n) is 8.46. The molecule has 2 aromatic carbocycles. The number of carbonyl (C=O) groups excluding carboxylic acids is 3. The zero-order valence-electron chi connectivity index (χ0n) is 17.6. The summed E-state index contributed by atoms with van der Waals surface area (Å²) in [5, 5.41) is 5.40. The van der Waals surface area contributed by atoms with Crippen LogP contribution in [-0.2, 0) is 20.5 Å². The van der Waals surface area contributed by atoms with Gasteiger partial charge in [0.05, 0.1) is 0 Å². The molecule has 4 amide bonds. The SMILES string of the molecule is CCC1(c2ccc(F)cc2)NC(=O)N(CC(=O)Nc2ccc(C(C)(C)C)cc2)C1=O. The molecule has 158 valence electrons. The Morgan fingerprint density at radius 3 is 2.20 bits per heavy atom. The molecule has 3 rings (SSSR count). The summed E-state index contributed by atoms with van der Waals surface area (Å²) in [6.45, 7) is 7.63. The first-order valence-electron chi connectivity index (χ1n) is 9.87. The Balaban J connectivity index is 1.73. The Labute approximate surface area is 175 Å². The van der Waals surface area contributed by atoms with E-state index in [-0.39, 0.29) is 11.8 Å². The Morgan fingerprint density at radius 2 is 1.67 bits per heavy atom. The molecule has 0 radical (unpaired) electrons. The highest BCUT2D eigenvalue weighted by molar-refractivity contribution is 6.10. The number of nitrogens with zero attached hydrogens (tertiary/aromatic N) is 1. The molecule has 7 heteroatoms. The van der Waals surface area contributed by atoms with Crippen LogP contribution in [0.3, 0.4) is 0 Å². The Hall–Kier alpha value is -3.22. The van der Waals surface area contributed by atoms with Crippen LogP contribution in [0.15, 0.2) is 48.5 Å². The molecule has 1 aliphatic heterocycles. The Bertz CT molecular complexity index is 965. The van der Waals surface area contributed by atoms with Crippen LogP contribution >= 0.6 is 0 Å². The number of amides is 4. The van der Waals surface area contributed by atoms with Crippen LogP contribution in [0.1, 0.15) is 45.2 Å². The molecule has 1 heterocycles. The number of hydrogen-bond acceptors (Lipinski definition) is 3. The maximum atomic E-state index is 13.3. The summed E-state index contributed by atoms with van der Waals surface area (Å²) in [6.07, 6.45) is 0.273. The largest absolute Gasteiger partial charge is 0.325 e. The number of halogens is 1. The van der Waals surface area contributed by atoms with Gasteiger partial charge in [-0.15, -0.1) is 0 Å². The fraction of sp³-hybridized carbons (Fsp3) is 0.348. The highest BCUT2D eigenvalue weighted by atomic mass is 19.1. The van der Waals surface area contributed by atoms with Crippen molar-refractivity contribution < 1.29 is 18.8 Å². The Morgan fingerprint density at radius 1 is 1.07 bits per heavy atom. The molecular formula is C23H26FN3O3. The van der Waals surface area contributed by atoms with E-state index in [0.717, 1.165) is 10.5 Å².